The van der Waals surface area contributed by atoms with Gasteiger partial charge in [-0.1, -0.05) is 35.9 Å². The fourth-order valence-corrected chi connectivity index (χ4v) is 3.95. The first-order valence-corrected chi connectivity index (χ1v) is 9.74. The molecule has 1 aromatic heterocycles. The maximum Gasteiger partial charge on any atom is 0.234 e. The van der Waals surface area contributed by atoms with Crippen molar-refractivity contribution in [1.29, 1.82) is 0 Å². The molecule has 0 fully saturated rings. The number of carbonyl (C=O) groups is 1. The van der Waals surface area contributed by atoms with Crippen LogP contribution in [0.5, 0.6) is 0 Å². The molecule has 0 saturated heterocycles. The fraction of sp³-hybridized carbons (Fsp3) is 0.300. The summed E-state index contributed by atoms with van der Waals surface area (Å²) in [6.45, 7) is 4.36. The summed E-state index contributed by atoms with van der Waals surface area (Å²) in [6.07, 6.45) is 0. The zero-order valence-corrected chi connectivity index (χ0v) is 16.6. The Balaban J connectivity index is 1.60. The normalized spacial score (nSPS) is 13.7. The van der Waals surface area contributed by atoms with Gasteiger partial charge < -0.3 is 5.32 Å². The summed E-state index contributed by atoms with van der Waals surface area (Å²) < 4.78 is 1.17. The number of hydrogen-bond donors (Lipinski definition) is 1. The molecular weight excluding hydrogens is 366 g/mol. The molecule has 26 heavy (non-hydrogen) atoms. The van der Waals surface area contributed by atoms with Gasteiger partial charge in [0.2, 0.25) is 5.91 Å². The van der Waals surface area contributed by atoms with E-state index in [1.165, 1.54) is 4.70 Å². The number of benzene rings is 2. The van der Waals surface area contributed by atoms with E-state index in [-0.39, 0.29) is 18.0 Å². The third kappa shape index (κ3) is 4.41. The summed E-state index contributed by atoms with van der Waals surface area (Å²) in [5, 5.41) is 4.75. The first kappa shape index (κ1) is 18.8. The monoisotopic (exact) mass is 387 g/mol. The second kappa shape index (κ2) is 8.16. The molecule has 136 valence electrons. The molecule has 1 heterocycles. The topological polar surface area (TPSA) is 45.2 Å². The molecule has 0 aliphatic heterocycles. The molecule has 1 amide bonds. The minimum atomic E-state index is -0.0640. The number of para-hydroxylation sites is 1. The van der Waals surface area contributed by atoms with Gasteiger partial charge in [-0.05, 0) is 50.7 Å². The van der Waals surface area contributed by atoms with Crippen LogP contribution in [0.2, 0.25) is 5.02 Å². The molecule has 0 radical (unpaired) electrons. The van der Waals surface area contributed by atoms with Crippen LogP contribution in [-0.4, -0.2) is 29.4 Å². The predicted molar refractivity (Wildman–Crippen MR) is 109 cm³/mol. The van der Waals surface area contributed by atoms with Crippen molar-refractivity contribution < 1.29 is 4.79 Å². The molecule has 4 nitrogen and oxygen atoms in total. The lowest BCUT2D eigenvalue weighted by Gasteiger charge is -2.23. The number of fused-ring (bicyclic) bond motifs is 1. The summed E-state index contributed by atoms with van der Waals surface area (Å²) in [5.74, 6) is -0.0112. The summed E-state index contributed by atoms with van der Waals surface area (Å²) in [5.41, 5.74) is 2.04. The number of carbonyl (C=O) groups excluding carboxylic acids is 1. The van der Waals surface area contributed by atoms with Gasteiger partial charge >= 0.3 is 0 Å². The number of amides is 1. The number of thiazole rings is 1. The molecule has 1 N–H and O–H groups in total. The Labute approximate surface area is 162 Å². The average molecular weight is 388 g/mol. The van der Waals surface area contributed by atoms with E-state index in [0.29, 0.717) is 11.6 Å². The molecule has 3 rings (SSSR count). The Kier molecular flexibility index (Phi) is 5.91. The van der Waals surface area contributed by atoms with Crippen LogP contribution in [-0.2, 0) is 4.79 Å². The van der Waals surface area contributed by atoms with Crippen LogP contribution in [0.1, 0.15) is 36.5 Å². The third-order valence-corrected chi connectivity index (χ3v) is 5.93. The Morgan fingerprint density at radius 3 is 2.58 bits per heavy atom. The highest BCUT2D eigenvalue weighted by molar-refractivity contribution is 7.18. The van der Waals surface area contributed by atoms with E-state index >= 15 is 0 Å². The largest absolute Gasteiger partial charge is 0.348 e. The molecule has 2 atom stereocenters. The lowest BCUT2D eigenvalue weighted by atomic mass is 10.1. The van der Waals surface area contributed by atoms with E-state index in [4.69, 9.17) is 16.6 Å². The van der Waals surface area contributed by atoms with E-state index in [2.05, 4.69) is 18.3 Å². The Hall–Kier alpha value is -1.95. The number of halogens is 1. The maximum absolute atomic E-state index is 12.4. The van der Waals surface area contributed by atoms with Gasteiger partial charge in [-0.15, -0.1) is 11.3 Å². The lowest BCUT2D eigenvalue weighted by molar-refractivity contribution is -0.123. The van der Waals surface area contributed by atoms with Gasteiger partial charge in [-0.3, -0.25) is 9.69 Å². The number of hydrogen-bond acceptors (Lipinski definition) is 4. The van der Waals surface area contributed by atoms with Gasteiger partial charge in [0.1, 0.15) is 5.01 Å². The molecule has 0 bridgehead atoms. The first-order valence-electron chi connectivity index (χ1n) is 8.54. The van der Waals surface area contributed by atoms with Gasteiger partial charge in [-0.2, -0.15) is 0 Å². The smallest absolute Gasteiger partial charge is 0.234 e. The van der Waals surface area contributed by atoms with Crippen molar-refractivity contribution in [3.05, 3.63) is 64.1 Å². The molecule has 0 aliphatic carbocycles. The van der Waals surface area contributed by atoms with Crippen LogP contribution in [0, 0.1) is 0 Å². The molecular formula is C20H22ClN3OS. The minimum absolute atomic E-state index is 0.0112. The predicted octanol–water partition coefficient (Wildman–Crippen LogP) is 4.82. The molecule has 0 spiro atoms. The lowest BCUT2D eigenvalue weighted by Crippen LogP contribution is -2.37. The van der Waals surface area contributed by atoms with E-state index in [9.17, 15) is 4.79 Å². The highest BCUT2D eigenvalue weighted by Crippen LogP contribution is 2.28. The number of likely N-dealkylation sites (N-methyl/N-ethyl adjacent to an activating group) is 1. The van der Waals surface area contributed by atoms with Gasteiger partial charge in [0, 0.05) is 5.02 Å². The van der Waals surface area contributed by atoms with Crippen molar-refractivity contribution in [3.8, 4) is 0 Å². The van der Waals surface area contributed by atoms with Crippen LogP contribution in [0.4, 0.5) is 0 Å². The van der Waals surface area contributed by atoms with Crippen molar-refractivity contribution in [3.63, 3.8) is 0 Å². The van der Waals surface area contributed by atoms with Crippen LogP contribution in [0.3, 0.4) is 0 Å². The Morgan fingerprint density at radius 2 is 1.88 bits per heavy atom. The fourth-order valence-electron chi connectivity index (χ4n) is 2.74. The zero-order valence-electron chi connectivity index (χ0n) is 15.1. The van der Waals surface area contributed by atoms with Gasteiger partial charge in [0.25, 0.3) is 0 Å². The molecule has 0 aliphatic rings. The van der Waals surface area contributed by atoms with Crippen molar-refractivity contribution in [2.24, 2.45) is 0 Å². The summed E-state index contributed by atoms with van der Waals surface area (Å²) in [4.78, 5) is 19.1. The van der Waals surface area contributed by atoms with Crippen LogP contribution in [0.25, 0.3) is 10.2 Å². The SMILES string of the molecule is C[C@H](NC(=O)CN(C)[C@@H](C)c1nc2ccccc2s1)c1ccc(Cl)cc1. The summed E-state index contributed by atoms with van der Waals surface area (Å²) >= 11 is 7.59. The third-order valence-electron chi connectivity index (χ3n) is 4.47. The minimum Gasteiger partial charge on any atom is -0.348 e. The number of aromatic nitrogens is 1. The molecule has 6 heteroatoms. The first-order chi connectivity index (χ1) is 12.4. The molecule has 2 aromatic carbocycles. The zero-order chi connectivity index (χ0) is 18.7. The molecule has 0 unspecified atom stereocenters. The van der Waals surface area contributed by atoms with Gasteiger partial charge in [-0.25, -0.2) is 4.98 Å². The van der Waals surface area contributed by atoms with Crippen molar-refractivity contribution in [2.45, 2.75) is 25.9 Å². The number of rotatable bonds is 6. The summed E-state index contributed by atoms with van der Waals surface area (Å²) in [6, 6.07) is 15.6. The van der Waals surface area contributed by atoms with Crippen molar-refractivity contribution in [1.82, 2.24) is 15.2 Å². The van der Waals surface area contributed by atoms with E-state index in [1.54, 1.807) is 11.3 Å². The van der Waals surface area contributed by atoms with Crippen LogP contribution in [0.15, 0.2) is 48.5 Å². The van der Waals surface area contributed by atoms with E-state index < -0.39 is 0 Å². The van der Waals surface area contributed by atoms with Gasteiger partial charge in [0.15, 0.2) is 0 Å². The number of nitrogens with one attached hydrogen (secondary N) is 1. The second-order valence-corrected chi connectivity index (χ2v) is 7.95. The van der Waals surface area contributed by atoms with Crippen LogP contribution >= 0.6 is 22.9 Å². The maximum atomic E-state index is 12.4. The highest BCUT2D eigenvalue weighted by atomic mass is 35.5. The Morgan fingerprint density at radius 1 is 1.19 bits per heavy atom. The second-order valence-electron chi connectivity index (χ2n) is 6.45. The standard InChI is InChI=1S/C20H22ClN3OS/c1-13(15-8-10-16(21)11-9-15)22-19(25)12-24(3)14(2)20-23-17-6-4-5-7-18(17)26-20/h4-11,13-14H,12H2,1-3H3,(H,22,25)/t13-,14-/m0/s1. The summed E-state index contributed by atoms with van der Waals surface area (Å²) in [7, 11) is 1.95. The average Bonchev–Trinajstić information content (AvgIpc) is 3.05. The Bertz CT molecular complexity index is 860. The van der Waals surface area contributed by atoms with Crippen LogP contribution < -0.4 is 5.32 Å². The van der Waals surface area contributed by atoms with Gasteiger partial charge in [0.05, 0.1) is 28.8 Å². The quantitative estimate of drug-likeness (QED) is 0.659. The van der Waals surface area contributed by atoms with E-state index in [1.807, 2.05) is 61.3 Å². The highest BCUT2D eigenvalue weighted by Gasteiger charge is 2.19. The van der Waals surface area contributed by atoms with E-state index in [0.717, 1.165) is 16.1 Å². The molecule has 3 aromatic rings. The van der Waals surface area contributed by atoms with Crippen molar-refractivity contribution >= 4 is 39.1 Å². The molecule has 0 saturated carbocycles. The van der Waals surface area contributed by atoms with Crippen molar-refractivity contribution in [2.75, 3.05) is 13.6 Å². The number of nitrogens with zero attached hydrogens (tertiary/aromatic N) is 2.